The Bertz CT molecular complexity index is 522. The maximum absolute atomic E-state index is 11.3. The first kappa shape index (κ1) is 15.9. The second-order valence-corrected chi connectivity index (χ2v) is 7.61. The number of pyridine rings is 1. The van der Waals surface area contributed by atoms with Crippen molar-refractivity contribution < 1.29 is 9.90 Å². The van der Waals surface area contributed by atoms with Gasteiger partial charge in [0.25, 0.3) is 0 Å². The van der Waals surface area contributed by atoms with E-state index in [-0.39, 0.29) is 5.56 Å². The lowest BCUT2D eigenvalue weighted by atomic mass is 10.2. The van der Waals surface area contributed by atoms with E-state index in [4.69, 9.17) is 0 Å². The van der Waals surface area contributed by atoms with Crippen LogP contribution in [0.4, 0.5) is 11.6 Å². The molecule has 0 spiro atoms. The monoisotopic (exact) mass is 309 g/mol. The van der Waals surface area contributed by atoms with Gasteiger partial charge in [-0.1, -0.05) is 20.8 Å². The van der Waals surface area contributed by atoms with Crippen LogP contribution in [0.25, 0.3) is 0 Å². The molecule has 0 aliphatic heterocycles. The van der Waals surface area contributed by atoms with Gasteiger partial charge in [0.15, 0.2) is 0 Å². The van der Waals surface area contributed by atoms with Crippen molar-refractivity contribution in [2.24, 2.45) is 11.8 Å². The molecular weight excluding hydrogens is 286 g/mol. The van der Waals surface area contributed by atoms with E-state index in [0.717, 1.165) is 12.5 Å². The maximum Gasteiger partial charge on any atom is 0.335 e. The number of carboxylic acid groups (broad SMARTS) is 1. The van der Waals surface area contributed by atoms with Gasteiger partial charge in [-0.05, 0) is 42.3 Å². The van der Waals surface area contributed by atoms with Crippen LogP contribution in [0.15, 0.2) is 12.1 Å². The Morgan fingerprint density at radius 3 is 2.76 bits per heavy atom. The first-order chi connectivity index (χ1) is 9.86. The average Bonchev–Trinajstić information content (AvgIpc) is 3.11. The van der Waals surface area contributed by atoms with Crippen LogP contribution < -0.4 is 9.62 Å². The van der Waals surface area contributed by atoms with E-state index in [0.29, 0.717) is 22.8 Å². The zero-order chi connectivity index (χ0) is 15.6. The molecule has 0 amide bonds. The Balaban J connectivity index is 2.14. The molecule has 0 radical (unpaired) electrons. The van der Waals surface area contributed by atoms with Crippen LogP contribution in [0.3, 0.4) is 0 Å². The first-order valence-electron chi connectivity index (χ1n) is 7.26. The van der Waals surface area contributed by atoms with E-state index in [1.165, 1.54) is 6.42 Å². The minimum absolute atomic E-state index is 0.266. The predicted octanol–water partition coefficient (Wildman–Crippen LogP) is 3.34. The summed E-state index contributed by atoms with van der Waals surface area (Å²) in [6, 6.07) is 3.22. The summed E-state index contributed by atoms with van der Waals surface area (Å²) < 4.78 is 1.92. The molecule has 1 aromatic heterocycles. The third-order valence-electron chi connectivity index (χ3n) is 3.57. The Hall–Kier alpha value is -1.43. The molecule has 5 nitrogen and oxygen atoms in total. The molecule has 0 bridgehead atoms. The summed E-state index contributed by atoms with van der Waals surface area (Å²) in [5, 5.41) is 12.9. The van der Waals surface area contributed by atoms with Crippen molar-refractivity contribution in [3.63, 3.8) is 0 Å². The van der Waals surface area contributed by atoms with Crippen molar-refractivity contribution in [3.05, 3.63) is 17.7 Å². The summed E-state index contributed by atoms with van der Waals surface area (Å²) in [5.41, 5.74) is 0.266. The number of hydrogen-bond donors (Lipinski definition) is 2. The maximum atomic E-state index is 11.3. The summed E-state index contributed by atoms with van der Waals surface area (Å²) >= 11 is 1.62. The van der Waals surface area contributed by atoms with Gasteiger partial charge in [-0.15, -0.1) is 0 Å². The molecule has 0 saturated heterocycles. The molecule has 2 atom stereocenters. The van der Waals surface area contributed by atoms with Crippen LogP contribution in [0, 0.1) is 11.8 Å². The van der Waals surface area contributed by atoms with Crippen molar-refractivity contribution in [2.45, 2.75) is 32.4 Å². The van der Waals surface area contributed by atoms with Gasteiger partial charge in [0.2, 0.25) is 0 Å². The Morgan fingerprint density at radius 1 is 1.57 bits per heavy atom. The molecule has 21 heavy (non-hydrogen) atoms. The number of nitrogens with one attached hydrogen (secondary N) is 1. The average molecular weight is 309 g/mol. The van der Waals surface area contributed by atoms with Crippen molar-refractivity contribution in [1.82, 2.24) is 4.98 Å². The fourth-order valence-corrected chi connectivity index (χ4v) is 3.01. The quantitative estimate of drug-likeness (QED) is 0.753. The van der Waals surface area contributed by atoms with E-state index < -0.39 is 5.97 Å². The van der Waals surface area contributed by atoms with Crippen LogP contribution in [-0.4, -0.2) is 34.9 Å². The number of nitrogens with zero attached hydrogens (tertiary/aromatic N) is 2. The number of anilines is 2. The molecular formula is C15H23N3O2S. The van der Waals surface area contributed by atoms with Gasteiger partial charge in [0.1, 0.15) is 11.6 Å². The SMILES string of the molecule is CC(C)SN(C)c1cc(C(=O)O)cc(NC[C@H]2C[C@@H]2C)n1. The summed E-state index contributed by atoms with van der Waals surface area (Å²) in [6.45, 7) is 7.27. The van der Waals surface area contributed by atoms with Gasteiger partial charge in [-0.2, -0.15) is 0 Å². The van der Waals surface area contributed by atoms with Crippen LogP contribution in [-0.2, 0) is 0 Å². The Morgan fingerprint density at radius 2 is 2.24 bits per heavy atom. The number of aromatic carboxylic acids is 1. The molecule has 1 aliphatic carbocycles. The predicted molar refractivity (Wildman–Crippen MR) is 88.1 cm³/mol. The zero-order valence-electron chi connectivity index (χ0n) is 13.0. The van der Waals surface area contributed by atoms with Crippen molar-refractivity contribution >= 4 is 29.6 Å². The number of carbonyl (C=O) groups is 1. The van der Waals surface area contributed by atoms with Crippen molar-refractivity contribution in [1.29, 1.82) is 0 Å². The third-order valence-corrected chi connectivity index (χ3v) is 4.50. The summed E-state index contributed by atoms with van der Waals surface area (Å²) in [7, 11) is 1.91. The van der Waals surface area contributed by atoms with E-state index in [2.05, 4.69) is 31.1 Å². The fourth-order valence-electron chi connectivity index (χ4n) is 2.18. The van der Waals surface area contributed by atoms with Gasteiger partial charge in [-0.3, -0.25) is 0 Å². The lowest BCUT2D eigenvalue weighted by Gasteiger charge is -2.20. The first-order valence-corrected chi connectivity index (χ1v) is 8.10. The smallest absolute Gasteiger partial charge is 0.335 e. The zero-order valence-corrected chi connectivity index (χ0v) is 13.8. The number of carboxylic acids is 1. The molecule has 1 aliphatic rings. The highest BCUT2D eigenvalue weighted by molar-refractivity contribution is 8.01. The molecule has 1 aromatic rings. The van der Waals surface area contributed by atoms with E-state index in [9.17, 15) is 9.90 Å². The highest BCUT2D eigenvalue weighted by Crippen LogP contribution is 2.37. The second kappa shape index (κ2) is 6.56. The van der Waals surface area contributed by atoms with Crippen LogP contribution >= 0.6 is 11.9 Å². The lowest BCUT2D eigenvalue weighted by molar-refractivity contribution is 0.0697. The van der Waals surface area contributed by atoms with Gasteiger partial charge in [0.05, 0.1) is 5.56 Å². The van der Waals surface area contributed by atoms with E-state index in [1.54, 1.807) is 24.1 Å². The topological polar surface area (TPSA) is 65.5 Å². The molecule has 1 heterocycles. The highest BCUT2D eigenvalue weighted by atomic mass is 32.2. The molecule has 1 saturated carbocycles. The lowest BCUT2D eigenvalue weighted by Crippen LogP contribution is -2.15. The largest absolute Gasteiger partial charge is 0.478 e. The number of aromatic nitrogens is 1. The second-order valence-electron chi connectivity index (χ2n) is 5.91. The summed E-state index contributed by atoms with van der Waals surface area (Å²) in [6.07, 6.45) is 1.24. The molecule has 2 N–H and O–H groups in total. The van der Waals surface area contributed by atoms with Gasteiger partial charge >= 0.3 is 5.97 Å². The fraction of sp³-hybridized carbons (Fsp3) is 0.600. The molecule has 0 aromatic carbocycles. The Kier molecular flexibility index (Phi) is 4.98. The van der Waals surface area contributed by atoms with Gasteiger partial charge in [0, 0.05) is 18.8 Å². The molecule has 1 fully saturated rings. The minimum Gasteiger partial charge on any atom is -0.478 e. The van der Waals surface area contributed by atoms with Crippen molar-refractivity contribution in [2.75, 3.05) is 23.2 Å². The minimum atomic E-state index is -0.926. The molecule has 0 unspecified atom stereocenters. The third kappa shape index (κ3) is 4.52. The Labute approximate surface area is 130 Å². The standard InChI is InChI=1S/C15H23N3O2S/c1-9(2)21-18(4)14-7-11(15(19)20)6-13(17-14)16-8-12-5-10(12)3/h6-7,9-10,12H,5,8H2,1-4H3,(H,16,17)(H,19,20)/t10-,12+/m0/s1. The van der Waals surface area contributed by atoms with Crippen LogP contribution in [0.5, 0.6) is 0 Å². The van der Waals surface area contributed by atoms with Gasteiger partial charge in [-0.25, -0.2) is 9.78 Å². The van der Waals surface area contributed by atoms with Crippen LogP contribution in [0.1, 0.15) is 37.6 Å². The number of hydrogen-bond acceptors (Lipinski definition) is 5. The van der Waals surface area contributed by atoms with E-state index >= 15 is 0 Å². The van der Waals surface area contributed by atoms with Crippen molar-refractivity contribution in [3.8, 4) is 0 Å². The summed E-state index contributed by atoms with van der Waals surface area (Å²) in [4.78, 5) is 15.8. The number of rotatable bonds is 7. The van der Waals surface area contributed by atoms with Gasteiger partial charge < -0.3 is 14.7 Å². The molecule has 2 rings (SSSR count). The molecule has 6 heteroatoms. The summed E-state index contributed by atoms with van der Waals surface area (Å²) in [5.74, 6) is 1.83. The van der Waals surface area contributed by atoms with E-state index in [1.807, 2.05) is 11.4 Å². The molecule has 116 valence electrons. The highest BCUT2D eigenvalue weighted by Gasteiger charge is 2.32. The van der Waals surface area contributed by atoms with Crippen LogP contribution in [0.2, 0.25) is 0 Å². The normalized spacial score (nSPS) is 20.4.